The first-order valence-electron chi connectivity index (χ1n) is 8.49. The minimum Gasteiger partial charge on any atom is -0.493 e. The first kappa shape index (κ1) is 17.6. The number of guanidine groups is 1. The van der Waals surface area contributed by atoms with E-state index < -0.39 is 0 Å². The van der Waals surface area contributed by atoms with Crippen molar-refractivity contribution in [3.8, 4) is 5.75 Å². The molecule has 0 amide bonds. The van der Waals surface area contributed by atoms with Crippen LogP contribution in [-0.2, 0) is 11.3 Å². The summed E-state index contributed by atoms with van der Waals surface area (Å²) in [5.74, 6) is 1.99. The predicted molar refractivity (Wildman–Crippen MR) is 93.8 cm³/mol. The first-order chi connectivity index (χ1) is 11.1. The van der Waals surface area contributed by atoms with Gasteiger partial charge < -0.3 is 20.1 Å². The lowest BCUT2D eigenvalue weighted by Crippen LogP contribution is -2.37. The quantitative estimate of drug-likeness (QED) is 0.620. The lowest BCUT2D eigenvalue weighted by Gasteiger charge is -2.19. The molecule has 2 N–H and O–H groups in total. The molecule has 1 atom stereocenters. The highest BCUT2D eigenvalue weighted by Gasteiger charge is 2.17. The van der Waals surface area contributed by atoms with E-state index in [1.807, 2.05) is 4.90 Å². The van der Waals surface area contributed by atoms with Crippen LogP contribution >= 0.6 is 0 Å². The molecular weight excluding hydrogens is 290 g/mol. The predicted octanol–water partition coefficient (Wildman–Crippen LogP) is 2.57. The molecule has 0 saturated carbocycles. The van der Waals surface area contributed by atoms with E-state index in [4.69, 9.17) is 15.2 Å². The zero-order valence-electron chi connectivity index (χ0n) is 14.5. The minimum absolute atomic E-state index is 0.493. The van der Waals surface area contributed by atoms with Gasteiger partial charge in [-0.25, -0.2) is 4.99 Å². The molecule has 1 aromatic carbocycles. The number of nitrogens with two attached hydrogens (primary N) is 1. The lowest BCUT2D eigenvalue weighted by molar-refractivity contribution is 0.166. The number of aliphatic imine (C=N–C) groups is 1. The van der Waals surface area contributed by atoms with Crippen molar-refractivity contribution in [2.75, 3.05) is 32.9 Å². The van der Waals surface area contributed by atoms with Crippen molar-refractivity contribution in [1.82, 2.24) is 4.90 Å². The van der Waals surface area contributed by atoms with Gasteiger partial charge in [0.15, 0.2) is 5.96 Å². The number of aryl methyl sites for hydroxylation is 1. The van der Waals surface area contributed by atoms with Gasteiger partial charge in [-0.05, 0) is 38.8 Å². The number of hydrogen-bond acceptors (Lipinski definition) is 3. The number of hydrogen-bond donors (Lipinski definition) is 1. The van der Waals surface area contributed by atoms with Crippen LogP contribution < -0.4 is 10.5 Å². The topological polar surface area (TPSA) is 60.1 Å². The van der Waals surface area contributed by atoms with Gasteiger partial charge in [-0.3, -0.25) is 0 Å². The maximum absolute atomic E-state index is 6.06. The van der Waals surface area contributed by atoms with Gasteiger partial charge in [0.05, 0.1) is 19.8 Å². The van der Waals surface area contributed by atoms with Crippen molar-refractivity contribution in [2.45, 2.75) is 33.7 Å². The van der Waals surface area contributed by atoms with E-state index >= 15 is 0 Å². The fourth-order valence-corrected chi connectivity index (χ4v) is 2.66. The molecule has 5 heteroatoms. The van der Waals surface area contributed by atoms with Gasteiger partial charge in [0.25, 0.3) is 0 Å². The highest BCUT2D eigenvalue weighted by Crippen LogP contribution is 2.23. The normalized spacial score (nSPS) is 18.2. The molecule has 1 heterocycles. The van der Waals surface area contributed by atoms with Crippen LogP contribution in [0.1, 0.15) is 31.4 Å². The Morgan fingerprint density at radius 3 is 2.83 bits per heavy atom. The molecule has 23 heavy (non-hydrogen) atoms. The third kappa shape index (κ3) is 5.13. The molecular formula is C18H29N3O2. The fourth-order valence-electron chi connectivity index (χ4n) is 2.66. The van der Waals surface area contributed by atoms with Crippen LogP contribution in [-0.4, -0.2) is 43.8 Å². The monoisotopic (exact) mass is 319 g/mol. The first-order valence-corrected chi connectivity index (χ1v) is 8.49. The Balaban J connectivity index is 2.03. The molecule has 0 bridgehead atoms. The standard InChI is InChI=1S/C18H29N3O2/c1-4-21(5-2)18(19)20-11-16-7-6-14(3)10-17(16)23-13-15-8-9-22-12-15/h6-7,10,15H,4-5,8-9,11-13H2,1-3H3,(H2,19,20). The molecule has 1 unspecified atom stereocenters. The third-order valence-electron chi connectivity index (χ3n) is 4.22. The number of ether oxygens (including phenoxy) is 2. The SMILES string of the molecule is CCN(CC)C(N)=NCc1ccc(C)cc1OCC1CCOC1. The molecule has 1 aromatic rings. The van der Waals surface area contributed by atoms with E-state index in [2.05, 4.69) is 44.0 Å². The van der Waals surface area contributed by atoms with E-state index in [1.54, 1.807) is 0 Å². The Hall–Kier alpha value is -1.75. The molecule has 128 valence electrons. The van der Waals surface area contributed by atoms with Gasteiger partial charge in [-0.2, -0.15) is 0 Å². The van der Waals surface area contributed by atoms with Crippen molar-refractivity contribution >= 4 is 5.96 Å². The molecule has 0 spiro atoms. The minimum atomic E-state index is 0.493. The Bertz CT molecular complexity index is 521. The van der Waals surface area contributed by atoms with Crippen LogP contribution in [0, 0.1) is 12.8 Å². The van der Waals surface area contributed by atoms with Crippen molar-refractivity contribution < 1.29 is 9.47 Å². The summed E-state index contributed by atoms with van der Waals surface area (Å²) in [5, 5.41) is 0. The molecule has 1 saturated heterocycles. The number of nitrogens with zero attached hydrogens (tertiary/aromatic N) is 2. The van der Waals surface area contributed by atoms with E-state index in [9.17, 15) is 0 Å². The van der Waals surface area contributed by atoms with Gasteiger partial charge in [-0.15, -0.1) is 0 Å². The summed E-state index contributed by atoms with van der Waals surface area (Å²) in [7, 11) is 0. The molecule has 2 rings (SSSR count). The summed E-state index contributed by atoms with van der Waals surface area (Å²) >= 11 is 0. The maximum Gasteiger partial charge on any atom is 0.191 e. The van der Waals surface area contributed by atoms with Gasteiger partial charge in [0.1, 0.15) is 5.75 Å². The molecule has 0 aromatic heterocycles. The molecule has 5 nitrogen and oxygen atoms in total. The van der Waals surface area contributed by atoms with Gasteiger partial charge in [0, 0.05) is 31.2 Å². The summed E-state index contributed by atoms with van der Waals surface area (Å²) in [5.41, 5.74) is 8.32. The summed E-state index contributed by atoms with van der Waals surface area (Å²) in [4.78, 5) is 6.57. The highest BCUT2D eigenvalue weighted by atomic mass is 16.5. The Kier molecular flexibility index (Phi) is 6.71. The second-order valence-electron chi connectivity index (χ2n) is 6.00. The number of benzene rings is 1. The van der Waals surface area contributed by atoms with E-state index in [0.29, 0.717) is 25.0 Å². The maximum atomic E-state index is 6.06. The fraction of sp³-hybridized carbons (Fsp3) is 0.611. The zero-order chi connectivity index (χ0) is 16.7. The average Bonchev–Trinajstić information content (AvgIpc) is 3.06. The van der Waals surface area contributed by atoms with Crippen molar-refractivity contribution in [3.63, 3.8) is 0 Å². The summed E-state index contributed by atoms with van der Waals surface area (Å²) in [6.45, 7) is 10.8. The highest BCUT2D eigenvalue weighted by molar-refractivity contribution is 5.78. The van der Waals surface area contributed by atoms with E-state index in [0.717, 1.165) is 44.0 Å². The van der Waals surface area contributed by atoms with Crippen LogP contribution in [0.5, 0.6) is 5.75 Å². The van der Waals surface area contributed by atoms with Gasteiger partial charge in [0.2, 0.25) is 0 Å². The van der Waals surface area contributed by atoms with Crippen LogP contribution in [0.15, 0.2) is 23.2 Å². The lowest BCUT2D eigenvalue weighted by atomic mass is 10.1. The van der Waals surface area contributed by atoms with Crippen LogP contribution in [0.25, 0.3) is 0 Å². The average molecular weight is 319 g/mol. The van der Waals surface area contributed by atoms with Crippen LogP contribution in [0.3, 0.4) is 0 Å². The summed E-state index contributed by atoms with van der Waals surface area (Å²) < 4.78 is 11.4. The zero-order valence-corrected chi connectivity index (χ0v) is 14.5. The summed E-state index contributed by atoms with van der Waals surface area (Å²) in [6.07, 6.45) is 1.08. The van der Waals surface area contributed by atoms with Gasteiger partial charge in [-0.1, -0.05) is 12.1 Å². The second kappa shape index (κ2) is 8.77. The second-order valence-corrected chi connectivity index (χ2v) is 6.00. The van der Waals surface area contributed by atoms with E-state index in [-0.39, 0.29) is 0 Å². The molecule has 1 fully saturated rings. The van der Waals surface area contributed by atoms with Crippen molar-refractivity contribution in [1.29, 1.82) is 0 Å². The third-order valence-corrected chi connectivity index (χ3v) is 4.22. The molecule has 1 aliphatic heterocycles. The molecule has 0 radical (unpaired) electrons. The Labute approximate surface area is 139 Å². The largest absolute Gasteiger partial charge is 0.493 e. The Morgan fingerprint density at radius 1 is 1.39 bits per heavy atom. The van der Waals surface area contributed by atoms with Crippen molar-refractivity contribution in [3.05, 3.63) is 29.3 Å². The van der Waals surface area contributed by atoms with E-state index in [1.165, 1.54) is 5.56 Å². The summed E-state index contributed by atoms with van der Waals surface area (Å²) in [6, 6.07) is 6.24. The van der Waals surface area contributed by atoms with Crippen LogP contribution in [0.4, 0.5) is 0 Å². The van der Waals surface area contributed by atoms with Gasteiger partial charge >= 0.3 is 0 Å². The van der Waals surface area contributed by atoms with Crippen LogP contribution in [0.2, 0.25) is 0 Å². The molecule has 1 aliphatic rings. The number of rotatable bonds is 7. The Morgan fingerprint density at radius 2 is 2.17 bits per heavy atom. The van der Waals surface area contributed by atoms with Crippen molar-refractivity contribution in [2.24, 2.45) is 16.6 Å². The molecule has 0 aliphatic carbocycles. The smallest absolute Gasteiger partial charge is 0.191 e.